The van der Waals surface area contributed by atoms with Crippen molar-refractivity contribution in [1.82, 2.24) is 9.80 Å². The monoisotopic (exact) mass is 407 g/mol. The van der Waals surface area contributed by atoms with Crippen LogP contribution < -0.4 is 5.32 Å². The fourth-order valence-electron chi connectivity index (χ4n) is 4.68. The van der Waals surface area contributed by atoms with E-state index in [9.17, 15) is 4.79 Å². The molecular weight excluding hydrogens is 374 g/mol. The van der Waals surface area contributed by atoms with E-state index in [4.69, 9.17) is 4.74 Å². The van der Waals surface area contributed by atoms with Crippen molar-refractivity contribution < 1.29 is 9.53 Å². The van der Waals surface area contributed by atoms with Crippen molar-refractivity contribution in [3.8, 4) is 0 Å². The van der Waals surface area contributed by atoms with Gasteiger partial charge in [0.2, 0.25) is 5.91 Å². The average Bonchev–Trinajstić information content (AvgIpc) is 2.74. The Hall–Kier alpha value is -2.21. The zero-order chi connectivity index (χ0) is 20.8. The molecule has 0 unspecified atom stereocenters. The van der Waals surface area contributed by atoms with Gasteiger partial charge in [-0.1, -0.05) is 42.5 Å². The molecule has 2 aromatic rings. The van der Waals surface area contributed by atoms with Gasteiger partial charge >= 0.3 is 0 Å². The van der Waals surface area contributed by atoms with Crippen molar-refractivity contribution in [3.05, 3.63) is 65.7 Å². The van der Waals surface area contributed by atoms with Gasteiger partial charge in [0.15, 0.2) is 0 Å². The standard InChI is InChI=1S/C25H33N3O2/c1-21(29)26-24-9-5-8-22(18-24)10-13-27-14-11-25(12-15-27)20-28(16-17-30-25)19-23-6-3-2-4-7-23/h2-9,18H,10-17,19-20H2,1H3,(H,26,29). The smallest absolute Gasteiger partial charge is 0.221 e. The van der Waals surface area contributed by atoms with Crippen molar-refractivity contribution in [2.45, 2.75) is 38.3 Å². The lowest BCUT2D eigenvalue weighted by Crippen LogP contribution is -2.56. The second-order valence-corrected chi connectivity index (χ2v) is 8.70. The molecule has 5 heteroatoms. The highest BCUT2D eigenvalue weighted by Gasteiger charge is 2.39. The number of anilines is 1. The lowest BCUT2D eigenvalue weighted by atomic mass is 9.89. The zero-order valence-electron chi connectivity index (χ0n) is 18.0. The number of morpholine rings is 1. The fraction of sp³-hybridized carbons (Fsp3) is 0.480. The van der Waals surface area contributed by atoms with Crippen LogP contribution >= 0.6 is 0 Å². The molecule has 0 bridgehead atoms. The lowest BCUT2D eigenvalue weighted by molar-refractivity contribution is -0.137. The van der Waals surface area contributed by atoms with Gasteiger partial charge < -0.3 is 15.0 Å². The third-order valence-electron chi connectivity index (χ3n) is 6.31. The van der Waals surface area contributed by atoms with Crippen molar-refractivity contribution in [2.24, 2.45) is 0 Å². The molecule has 5 nitrogen and oxygen atoms in total. The minimum atomic E-state index is -0.0257. The Morgan fingerprint density at radius 2 is 1.77 bits per heavy atom. The number of nitrogens with one attached hydrogen (secondary N) is 1. The molecule has 0 aromatic heterocycles. The fourth-order valence-corrected chi connectivity index (χ4v) is 4.68. The summed E-state index contributed by atoms with van der Waals surface area (Å²) in [7, 11) is 0. The van der Waals surface area contributed by atoms with Crippen molar-refractivity contribution in [3.63, 3.8) is 0 Å². The number of amides is 1. The van der Waals surface area contributed by atoms with Crippen LogP contribution in [-0.2, 0) is 22.5 Å². The van der Waals surface area contributed by atoms with Gasteiger partial charge in [0.1, 0.15) is 0 Å². The predicted octanol–water partition coefficient (Wildman–Crippen LogP) is 3.55. The molecule has 2 saturated heterocycles. The predicted molar refractivity (Wildman–Crippen MR) is 121 cm³/mol. The van der Waals surface area contributed by atoms with Gasteiger partial charge in [-0.3, -0.25) is 9.69 Å². The molecule has 2 fully saturated rings. The molecule has 2 aliphatic heterocycles. The van der Waals surface area contributed by atoms with Crippen LogP contribution in [0.3, 0.4) is 0 Å². The highest BCUT2D eigenvalue weighted by molar-refractivity contribution is 5.88. The number of likely N-dealkylation sites (tertiary alicyclic amines) is 1. The third kappa shape index (κ3) is 5.69. The van der Waals surface area contributed by atoms with Gasteiger partial charge in [0, 0.05) is 51.9 Å². The highest BCUT2D eigenvalue weighted by atomic mass is 16.5. The molecule has 4 rings (SSSR count). The summed E-state index contributed by atoms with van der Waals surface area (Å²) in [5, 5.41) is 2.87. The quantitative estimate of drug-likeness (QED) is 0.795. The number of ether oxygens (including phenoxy) is 1. The molecule has 1 spiro atoms. The minimum absolute atomic E-state index is 0.0227. The van der Waals surface area contributed by atoms with Gasteiger partial charge in [-0.05, 0) is 42.5 Å². The number of nitrogens with zero attached hydrogens (tertiary/aromatic N) is 2. The Morgan fingerprint density at radius 3 is 2.53 bits per heavy atom. The molecule has 160 valence electrons. The molecule has 2 aliphatic rings. The van der Waals surface area contributed by atoms with Crippen LogP contribution in [0.1, 0.15) is 30.9 Å². The second-order valence-electron chi connectivity index (χ2n) is 8.70. The van der Waals surface area contributed by atoms with E-state index < -0.39 is 0 Å². The van der Waals surface area contributed by atoms with E-state index in [0.717, 1.165) is 70.8 Å². The normalized spacial score (nSPS) is 19.6. The average molecular weight is 408 g/mol. The molecule has 0 saturated carbocycles. The van der Waals surface area contributed by atoms with Crippen molar-refractivity contribution in [2.75, 3.05) is 44.6 Å². The molecule has 1 amide bonds. The summed E-state index contributed by atoms with van der Waals surface area (Å²) in [6, 6.07) is 18.9. The first-order valence-corrected chi connectivity index (χ1v) is 11.1. The summed E-state index contributed by atoms with van der Waals surface area (Å²) in [5.41, 5.74) is 3.55. The number of hydrogen-bond acceptors (Lipinski definition) is 4. The van der Waals surface area contributed by atoms with Crippen LogP contribution in [0.25, 0.3) is 0 Å². The summed E-state index contributed by atoms with van der Waals surface area (Å²) < 4.78 is 6.33. The first kappa shape index (κ1) is 21.0. The second kappa shape index (κ2) is 9.73. The summed E-state index contributed by atoms with van der Waals surface area (Å²) in [6.07, 6.45) is 3.20. The molecule has 30 heavy (non-hydrogen) atoms. The number of carbonyl (C=O) groups is 1. The van der Waals surface area contributed by atoms with E-state index in [0.29, 0.717) is 0 Å². The third-order valence-corrected chi connectivity index (χ3v) is 6.31. The largest absolute Gasteiger partial charge is 0.372 e. The first-order chi connectivity index (χ1) is 14.6. The Bertz CT molecular complexity index is 831. The molecule has 1 N–H and O–H groups in total. The van der Waals surface area contributed by atoms with Gasteiger partial charge in [-0.2, -0.15) is 0 Å². The number of carbonyl (C=O) groups excluding carboxylic acids is 1. The number of piperidine rings is 1. The first-order valence-electron chi connectivity index (χ1n) is 11.1. The summed E-state index contributed by atoms with van der Waals surface area (Å²) in [6.45, 7) is 8.68. The van der Waals surface area contributed by atoms with Gasteiger partial charge in [0.25, 0.3) is 0 Å². The maximum atomic E-state index is 11.3. The lowest BCUT2D eigenvalue weighted by Gasteiger charge is -2.47. The van der Waals surface area contributed by atoms with Crippen molar-refractivity contribution >= 4 is 11.6 Å². The maximum absolute atomic E-state index is 11.3. The highest BCUT2D eigenvalue weighted by Crippen LogP contribution is 2.31. The van der Waals surface area contributed by atoms with Crippen LogP contribution in [-0.4, -0.2) is 60.6 Å². The Kier molecular flexibility index (Phi) is 6.82. The molecular formula is C25H33N3O2. The van der Waals surface area contributed by atoms with Crippen LogP contribution in [0.2, 0.25) is 0 Å². The topological polar surface area (TPSA) is 44.8 Å². The van der Waals surface area contributed by atoms with E-state index >= 15 is 0 Å². The molecule has 0 radical (unpaired) electrons. The van der Waals surface area contributed by atoms with Gasteiger partial charge in [-0.15, -0.1) is 0 Å². The Morgan fingerprint density at radius 1 is 1.00 bits per heavy atom. The van der Waals surface area contributed by atoms with E-state index in [2.05, 4.69) is 57.6 Å². The summed E-state index contributed by atoms with van der Waals surface area (Å²) >= 11 is 0. The maximum Gasteiger partial charge on any atom is 0.221 e. The van der Waals surface area contributed by atoms with Crippen LogP contribution in [0.4, 0.5) is 5.69 Å². The summed E-state index contributed by atoms with van der Waals surface area (Å²) in [5.74, 6) is -0.0257. The zero-order valence-corrected chi connectivity index (χ0v) is 18.0. The van der Waals surface area contributed by atoms with E-state index in [1.54, 1.807) is 6.92 Å². The minimum Gasteiger partial charge on any atom is -0.372 e. The van der Waals surface area contributed by atoms with Crippen LogP contribution in [0, 0.1) is 0 Å². The van der Waals surface area contributed by atoms with Gasteiger partial charge in [-0.25, -0.2) is 0 Å². The van der Waals surface area contributed by atoms with E-state index in [1.165, 1.54) is 11.1 Å². The number of rotatable bonds is 6. The molecule has 2 aromatic carbocycles. The van der Waals surface area contributed by atoms with Gasteiger partial charge in [0.05, 0.1) is 12.2 Å². The summed E-state index contributed by atoms with van der Waals surface area (Å²) in [4.78, 5) is 16.4. The Balaban J connectivity index is 1.26. The molecule has 0 atom stereocenters. The van der Waals surface area contributed by atoms with Crippen molar-refractivity contribution in [1.29, 1.82) is 0 Å². The Labute approximate surface area is 180 Å². The van der Waals surface area contributed by atoms with E-state index in [1.807, 2.05) is 12.1 Å². The molecule has 2 heterocycles. The number of hydrogen-bond donors (Lipinski definition) is 1. The van der Waals surface area contributed by atoms with Crippen LogP contribution in [0.15, 0.2) is 54.6 Å². The SMILES string of the molecule is CC(=O)Nc1cccc(CCN2CCC3(CC2)CN(Cc2ccccc2)CCO3)c1. The molecule has 0 aliphatic carbocycles. The van der Waals surface area contributed by atoms with E-state index in [-0.39, 0.29) is 11.5 Å². The van der Waals surface area contributed by atoms with Crippen LogP contribution in [0.5, 0.6) is 0 Å². The number of benzene rings is 2.